The van der Waals surface area contributed by atoms with Crippen LogP contribution in [-0.2, 0) is 34.6 Å². The van der Waals surface area contributed by atoms with E-state index in [4.69, 9.17) is 18.9 Å². The highest BCUT2D eigenvalue weighted by atomic mass is 79.9. The number of ether oxygens (including phenoxy) is 4. The number of hydrogen-bond acceptors (Lipinski definition) is 5. The van der Waals surface area contributed by atoms with Crippen LogP contribution in [-0.4, -0.2) is 29.4 Å². The van der Waals surface area contributed by atoms with Gasteiger partial charge in [-0.05, 0) is 28.8 Å². The second kappa shape index (κ2) is 21.0. The molecule has 53 heavy (non-hydrogen) atoms. The number of nitrogens with zero attached hydrogens (tertiary/aromatic N) is 2. The summed E-state index contributed by atoms with van der Waals surface area (Å²) in [4.78, 5) is 3.97. The van der Waals surface area contributed by atoms with Crippen molar-refractivity contribution in [3.63, 3.8) is 0 Å². The van der Waals surface area contributed by atoms with E-state index in [1.54, 1.807) is 12.4 Å². The van der Waals surface area contributed by atoms with Gasteiger partial charge in [-0.15, -0.1) is 0 Å². The molecule has 0 aliphatic heterocycles. The molecule has 6 aromatic rings. The molecular formula is C46H48BrN2O4+. The van der Waals surface area contributed by atoms with Crippen molar-refractivity contribution in [1.29, 1.82) is 0 Å². The van der Waals surface area contributed by atoms with E-state index < -0.39 is 0 Å². The Bertz CT molecular complexity index is 1840. The van der Waals surface area contributed by atoms with Crippen LogP contribution in [0.4, 0.5) is 0 Å². The molecule has 2 saturated carbocycles. The lowest BCUT2D eigenvalue weighted by Gasteiger charge is -2.35. The maximum atomic E-state index is 6.04. The molecule has 272 valence electrons. The molecule has 4 aromatic carbocycles. The molecule has 0 radical (unpaired) electrons. The van der Waals surface area contributed by atoms with Gasteiger partial charge in [0.2, 0.25) is 0 Å². The summed E-state index contributed by atoms with van der Waals surface area (Å²) in [6.07, 6.45) is 12.7. The number of rotatable bonds is 13. The van der Waals surface area contributed by atoms with Gasteiger partial charge in [-0.25, -0.2) is 4.57 Å². The molecule has 8 rings (SSSR count). The van der Waals surface area contributed by atoms with Crippen LogP contribution >= 0.6 is 15.9 Å². The first-order valence-electron chi connectivity index (χ1n) is 18.4. The first-order valence-corrected chi connectivity index (χ1v) is 19.5. The van der Waals surface area contributed by atoms with Gasteiger partial charge in [0.05, 0.1) is 25.4 Å². The molecule has 2 aromatic heterocycles. The number of benzene rings is 4. The van der Waals surface area contributed by atoms with Gasteiger partial charge in [-0.3, -0.25) is 4.98 Å². The number of halogens is 1. The summed E-state index contributed by atoms with van der Waals surface area (Å²) in [7, 11) is 0. The van der Waals surface area contributed by atoms with Crippen molar-refractivity contribution in [3.8, 4) is 11.5 Å². The third kappa shape index (κ3) is 13.3. The Morgan fingerprint density at radius 3 is 1.28 bits per heavy atom. The molecule has 6 nitrogen and oxygen atoms in total. The van der Waals surface area contributed by atoms with Gasteiger partial charge in [-0.2, -0.15) is 0 Å². The molecule has 2 heterocycles. The Labute approximate surface area is 322 Å². The molecule has 0 saturated heterocycles. The fraction of sp³-hybridized carbons (Fsp3) is 0.261. The monoisotopic (exact) mass is 771 g/mol. The van der Waals surface area contributed by atoms with Gasteiger partial charge in [-0.1, -0.05) is 137 Å². The molecular weight excluding hydrogens is 724 g/mol. The maximum Gasteiger partial charge on any atom is 0.173 e. The quantitative estimate of drug-likeness (QED) is 0.0865. The van der Waals surface area contributed by atoms with E-state index in [0.717, 1.165) is 49.1 Å². The molecule has 2 fully saturated rings. The van der Waals surface area contributed by atoms with Crippen molar-refractivity contribution in [2.75, 3.05) is 0 Å². The van der Waals surface area contributed by atoms with Gasteiger partial charge in [0.15, 0.2) is 18.9 Å². The predicted molar refractivity (Wildman–Crippen MR) is 213 cm³/mol. The Morgan fingerprint density at radius 1 is 0.472 bits per heavy atom. The van der Waals surface area contributed by atoms with Crippen molar-refractivity contribution in [1.82, 2.24) is 4.98 Å². The van der Waals surface area contributed by atoms with Crippen molar-refractivity contribution >= 4 is 15.9 Å². The summed E-state index contributed by atoms with van der Waals surface area (Å²) in [5.41, 5.74) is 5.07. The Balaban J connectivity index is 0.000000155. The van der Waals surface area contributed by atoms with E-state index in [2.05, 4.69) is 98.5 Å². The molecule has 0 bridgehead atoms. The predicted octanol–water partition coefficient (Wildman–Crippen LogP) is 9.94. The molecule has 0 atom stereocenters. The van der Waals surface area contributed by atoms with Gasteiger partial charge < -0.3 is 18.9 Å². The SMILES string of the molecule is BrCc1ccccc1.c1ccc(COC2CC(Oc3cc[n+](Cc4ccccc4)cc3)C2)cc1.c1ccc(COC2CC(Oc3ccncc3)C2)cc1. The van der Waals surface area contributed by atoms with E-state index >= 15 is 0 Å². The smallest absolute Gasteiger partial charge is 0.173 e. The van der Waals surface area contributed by atoms with Crippen LogP contribution in [0.3, 0.4) is 0 Å². The largest absolute Gasteiger partial charge is 0.490 e. The van der Waals surface area contributed by atoms with Gasteiger partial charge in [0, 0.05) is 61.1 Å². The molecule has 2 aliphatic rings. The third-order valence-electron chi connectivity index (χ3n) is 9.08. The second-order valence-corrected chi connectivity index (χ2v) is 13.8. The Hall–Kier alpha value is -4.82. The standard InChI is InChI=1S/C23H24NO2.C16H17NO2.C7H7Br/c1-3-7-19(8-4-1)17-24-13-11-21(12-14-24)26-23-15-22(16-23)25-18-20-9-5-2-6-10-20;1-2-4-13(5-3-1)12-18-15-10-16(11-15)19-14-6-8-17-9-7-14;8-6-7-4-2-1-3-5-7/h1-14,22-23H,15-18H2;1-9,15-16H,10-12H2;1-5H,6H2/q+1;;. The number of pyridine rings is 2. The zero-order valence-electron chi connectivity index (χ0n) is 30.0. The fourth-order valence-corrected chi connectivity index (χ4v) is 6.24. The minimum atomic E-state index is 0.265. The summed E-state index contributed by atoms with van der Waals surface area (Å²) < 4.78 is 25.8. The van der Waals surface area contributed by atoms with Crippen LogP contribution < -0.4 is 14.0 Å². The summed E-state index contributed by atoms with van der Waals surface area (Å²) in [5.74, 6) is 1.82. The van der Waals surface area contributed by atoms with Crippen LogP contribution in [0.5, 0.6) is 11.5 Å². The summed E-state index contributed by atoms with van der Waals surface area (Å²) >= 11 is 3.36. The summed E-state index contributed by atoms with van der Waals surface area (Å²) in [5, 5.41) is 0.952. The maximum absolute atomic E-state index is 6.04. The number of hydrogen-bond donors (Lipinski definition) is 0. The van der Waals surface area contributed by atoms with E-state index in [9.17, 15) is 0 Å². The van der Waals surface area contributed by atoms with Gasteiger partial charge in [0.1, 0.15) is 23.7 Å². The highest BCUT2D eigenvalue weighted by Gasteiger charge is 2.32. The lowest BCUT2D eigenvalue weighted by Crippen LogP contribution is -2.39. The number of aromatic nitrogens is 2. The lowest BCUT2D eigenvalue weighted by atomic mass is 9.92. The third-order valence-corrected chi connectivity index (χ3v) is 9.73. The average Bonchev–Trinajstić information content (AvgIpc) is 3.19. The topological polar surface area (TPSA) is 53.7 Å². The normalized spacial score (nSPS) is 18.4. The van der Waals surface area contributed by atoms with Crippen molar-refractivity contribution in [2.24, 2.45) is 0 Å². The van der Waals surface area contributed by atoms with Crippen LogP contribution in [0.1, 0.15) is 47.9 Å². The van der Waals surface area contributed by atoms with Crippen LogP contribution in [0, 0.1) is 0 Å². The molecule has 0 unspecified atom stereocenters. The highest BCUT2D eigenvalue weighted by molar-refractivity contribution is 9.08. The molecule has 0 amide bonds. The van der Waals surface area contributed by atoms with Gasteiger partial charge in [0.25, 0.3) is 0 Å². The van der Waals surface area contributed by atoms with Crippen LogP contribution in [0.15, 0.2) is 170 Å². The van der Waals surface area contributed by atoms with Crippen LogP contribution in [0.25, 0.3) is 0 Å². The van der Waals surface area contributed by atoms with Crippen molar-refractivity contribution in [2.45, 2.75) is 75.2 Å². The Morgan fingerprint density at radius 2 is 0.868 bits per heavy atom. The molecule has 0 spiro atoms. The van der Waals surface area contributed by atoms with Gasteiger partial charge >= 0.3 is 0 Å². The Kier molecular flexibility index (Phi) is 15.0. The average molecular weight is 773 g/mol. The van der Waals surface area contributed by atoms with Crippen LogP contribution in [0.2, 0.25) is 0 Å². The minimum Gasteiger partial charge on any atom is -0.490 e. The van der Waals surface area contributed by atoms with E-state index in [1.807, 2.05) is 84.9 Å². The first kappa shape index (κ1) is 37.9. The molecule has 7 heteroatoms. The molecule has 0 N–H and O–H groups in total. The fourth-order valence-electron chi connectivity index (χ4n) is 5.87. The second-order valence-electron chi connectivity index (χ2n) is 13.3. The lowest BCUT2D eigenvalue weighted by molar-refractivity contribution is -0.688. The van der Waals surface area contributed by atoms with E-state index in [1.165, 1.54) is 22.3 Å². The zero-order chi connectivity index (χ0) is 36.3. The first-order chi connectivity index (χ1) is 26.2. The van der Waals surface area contributed by atoms with Crippen molar-refractivity contribution < 1.29 is 23.5 Å². The van der Waals surface area contributed by atoms with E-state index in [-0.39, 0.29) is 12.2 Å². The van der Waals surface area contributed by atoms with E-state index in [0.29, 0.717) is 25.4 Å². The van der Waals surface area contributed by atoms with Crippen molar-refractivity contribution in [3.05, 3.63) is 193 Å². The summed E-state index contributed by atoms with van der Waals surface area (Å²) in [6.45, 7) is 2.25. The summed E-state index contributed by atoms with van der Waals surface area (Å²) in [6, 6.07) is 49.2. The zero-order valence-corrected chi connectivity index (χ0v) is 31.6. The minimum absolute atomic E-state index is 0.265. The molecule has 2 aliphatic carbocycles. The highest BCUT2D eigenvalue weighted by Crippen LogP contribution is 2.29. The number of alkyl halides is 1.